The normalized spacial score (nSPS) is 21.4. The molecule has 0 amide bonds. The first-order valence-corrected chi connectivity index (χ1v) is 9.57. The maximum atomic E-state index is 11.0. The molecule has 1 aliphatic heterocycles. The van der Waals surface area contributed by atoms with Crippen LogP contribution >= 0.6 is 11.6 Å². The summed E-state index contributed by atoms with van der Waals surface area (Å²) in [6.07, 6.45) is 4.19. The highest BCUT2D eigenvalue weighted by Crippen LogP contribution is 2.29. The van der Waals surface area contributed by atoms with Gasteiger partial charge in [-0.1, -0.05) is 23.7 Å². The van der Waals surface area contributed by atoms with Gasteiger partial charge in [0.05, 0.1) is 16.3 Å². The lowest BCUT2D eigenvalue weighted by Gasteiger charge is -2.27. The maximum absolute atomic E-state index is 11.0. The standard InChI is InChI=1S/C21H27ClN2O2/c1-16-6-7-18(22)20(13-16)26-15-21(25)8-4-11-24(12-9-21)14-19-17(2)5-3-10-23-19/h3,5-7,10,13,25H,4,8-9,11-12,14-15H2,1-2H3. The van der Waals surface area contributed by atoms with Crippen LogP contribution in [0, 0.1) is 13.8 Å². The molecule has 3 rings (SSSR count). The number of hydrogen-bond acceptors (Lipinski definition) is 4. The van der Waals surface area contributed by atoms with Gasteiger partial charge in [0.25, 0.3) is 0 Å². The number of nitrogens with zero attached hydrogens (tertiary/aromatic N) is 2. The first-order valence-electron chi connectivity index (χ1n) is 9.19. The molecular weight excluding hydrogens is 348 g/mol. The molecule has 2 heterocycles. The second kappa shape index (κ2) is 8.38. The smallest absolute Gasteiger partial charge is 0.138 e. The summed E-state index contributed by atoms with van der Waals surface area (Å²) in [6.45, 7) is 6.98. The van der Waals surface area contributed by atoms with Gasteiger partial charge in [-0.2, -0.15) is 0 Å². The van der Waals surface area contributed by atoms with E-state index in [0.29, 0.717) is 17.2 Å². The molecular formula is C21H27ClN2O2. The molecule has 2 aromatic rings. The van der Waals surface area contributed by atoms with Crippen molar-refractivity contribution in [3.63, 3.8) is 0 Å². The molecule has 1 aromatic carbocycles. The average Bonchev–Trinajstić information content (AvgIpc) is 2.80. The number of hydrogen-bond donors (Lipinski definition) is 1. The highest BCUT2D eigenvalue weighted by molar-refractivity contribution is 6.32. The van der Waals surface area contributed by atoms with Gasteiger partial charge in [-0.15, -0.1) is 0 Å². The maximum Gasteiger partial charge on any atom is 0.138 e. The topological polar surface area (TPSA) is 45.6 Å². The summed E-state index contributed by atoms with van der Waals surface area (Å²) in [7, 11) is 0. The molecule has 1 saturated heterocycles. The van der Waals surface area contributed by atoms with Crippen LogP contribution in [0.3, 0.4) is 0 Å². The highest BCUT2D eigenvalue weighted by Gasteiger charge is 2.31. The van der Waals surface area contributed by atoms with Gasteiger partial charge >= 0.3 is 0 Å². The number of aliphatic hydroxyl groups is 1. The van der Waals surface area contributed by atoms with Crippen LogP contribution in [0.1, 0.15) is 36.1 Å². The van der Waals surface area contributed by atoms with E-state index >= 15 is 0 Å². The fraction of sp³-hybridized carbons (Fsp3) is 0.476. The minimum absolute atomic E-state index is 0.270. The molecule has 5 heteroatoms. The zero-order valence-corrected chi connectivity index (χ0v) is 16.3. The Morgan fingerprint density at radius 2 is 2.08 bits per heavy atom. The van der Waals surface area contributed by atoms with Gasteiger partial charge in [0, 0.05) is 19.3 Å². The van der Waals surface area contributed by atoms with Crippen molar-refractivity contribution in [2.45, 2.75) is 45.3 Å². The van der Waals surface area contributed by atoms with Crippen molar-refractivity contribution >= 4 is 11.6 Å². The van der Waals surface area contributed by atoms with Crippen molar-refractivity contribution in [1.29, 1.82) is 0 Å². The third kappa shape index (κ3) is 4.97. The quantitative estimate of drug-likeness (QED) is 0.854. The largest absolute Gasteiger partial charge is 0.489 e. The Morgan fingerprint density at radius 3 is 2.88 bits per heavy atom. The third-order valence-electron chi connectivity index (χ3n) is 5.08. The van der Waals surface area contributed by atoms with Gasteiger partial charge in [-0.05, 0) is 69.0 Å². The van der Waals surface area contributed by atoms with E-state index in [0.717, 1.165) is 43.7 Å². The highest BCUT2D eigenvalue weighted by atomic mass is 35.5. The molecule has 1 N–H and O–H groups in total. The van der Waals surface area contributed by atoms with Gasteiger partial charge in [0.2, 0.25) is 0 Å². The minimum Gasteiger partial charge on any atom is -0.489 e. The lowest BCUT2D eigenvalue weighted by Crippen LogP contribution is -2.37. The summed E-state index contributed by atoms with van der Waals surface area (Å²) < 4.78 is 5.88. The van der Waals surface area contributed by atoms with Gasteiger partial charge in [-0.3, -0.25) is 9.88 Å². The van der Waals surface area contributed by atoms with Crippen LogP contribution in [-0.4, -0.2) is 40.3 Å². The summed E-state index contributed by atoms with van der Waals surface area (Å²) in [6, 6.07) is 9.76. The van der Waals surface area contributed by atoms with E-state index in [1.807, 2.05) is 37.4 Å². The Balaban J connectivity index is 1.58. The van der Waals surface area contributed by atoms with Gasteiger partial charge in [0.15, 0.2) is 0 Å². The van der Waals surface area contributed by atoms with Crippen LogP contribution < -0.4 is 4.74 Å². The SMILES string of the molecule is Cc1ccc(Cl)c(OCC2(O)CCCN(Cc3ncccc3C)CC2)c1. The predicted octanol–water partition coefficient (Wildman–Crippen LogP) is 4.15. The van der Waals surface area contributed by atoms with Crippen LogP contribution in [0.5, 0.6) is 5.75 Å². The van der Waals surface area contributed by atoms with Crippen molar-refractivity contribution in [1.82, 2.24) is 9.88 Å². The Labute approximate surface area is 160 Å². The van der Waals surface area contributed by atoms with Crippen LogP contribution in [0.2, 0.25) is 5.02 Å². The minimum atomic E-state index is -0.818. The summed E-state index contributed by atoms with van der Waals surface area (Å²) in [5, 5.41) is 11.6. The van der Waals surface area contributed by atoms with E-state index in [-0.39, 0.29) is 6.61 Å². The molecule has 1 aliphatic rings. The Bertz CT molecular complexity index is 753. The number of rotatable bonds is 5. The molecule has 1 aromatic heterocycles. The van der Waals surface area contributed by atoms with E-state index in [2.05, 4.69) is 22.9 Å². The lowest BCUT2D eigenvalue weighted by atomic mass is 9.96. The van der Waals surface area contributed by atoms with Crippen LogP contribution in [0.4, 0.5) is 0 Å². The van der Waals surface area contributed by atoms with Gasteiger partial charge in [-0.25, -0.2) is 0 Å². The first kappa shape index (κ1) is 19.2. The molecule has 1 unspecified atom stereocenters. The summed E-state index contributed by atoms with van der Waals surface area (Å²) >= 11 is 6.20. The average molecular weight is 375 g/mol. The number of likely N-dealkylation sites (tertiary alicyclic amines) is 1. The van der Waals surface area contributed by atoms with E-state index in [1.54, 1.807) is 0 Å². The Hall–Kier alpha value is -1.62. The molecule has 0 saturated carbocycles. The number of halogens is 1. The summed E-state index contributed by atoms with van der Waals surface area (Å²) in [5.74, 6) is 0.644. The van der Waals surface area contributed by atoms with Crippen molar-refractivity contribution in [3.8, 4) is 5.75 Å². The Morgan fingerprint density at radius 1 is 1.23 bits per heavy atom. The number of aryl methyl sites for hydroxylation is 2. The lowest BCUT2D eigenvalue weighted by molar-refractivity contribution is -0.0168. The zero-order chi connectivity index (χ0) is 18.6. The molecule has 0 bridgehead atoms. The van der Waals surface area contributed by atoms with Crippen LogP contribution in [0.15, 0.2) is 36.5 Å². The number of pyridine rings is 1. The van der Waals surface area contributed by atoms with Crippen molar-refractivity contribution in [3.05, 3.63) is 58.4 Å². The van der Waals surface area contributed by atoms with Crippen molar-refractivity contribution in [2.75, 3.05) is 19.7 Å². The molecule has 140 valence electrons. The van der Waals surface area contributed by atoms with Crippen molar-refractivity contribution < 1.29 is 9.84 Å². The first-order chi connectivity index (χ1) is 12.5. The summed E-state index contributed by atoms with van der Waals surface area (Å²) in [4.78, 5) is 6.86. The Kier molecular flexibility index (Phi) is 6.17. The predicted molar refractivity (Wildman–Crippen MR) is 105 cm³/mol. The molecule has 4 nitrogen and oxygen atoms in total. The molecule has 1 fully saturated rings. The van der Waals surface area contributed by atoms with Crippen LogP contribution in [-0.2, 0) is 6.54 Å². The van der Waals surface area contributed by atoms with E-state index in [1.165, 1.54) is 5.56 Å². The fourth-order valence-electron chi connectivity index (χ4n) is 3.37. The van der Waals surface area contributed by atoms with E-state index in [9.17, 15) is 5.11 Å². The molecule has 0 spiro atoms. The number of benzene rings is 1. The van der Waals surface area contributed by atoms with E-state index in [4.69, 9.17) is 16.3 Å². The monoisotopic (exact) mass is 374 g/mol. The number of ether oxygens (including phenoxy) is 1. The molecule has 26 heavy (non-hydrogen) atoms. The molecule has 1 atom stereocenters. The second-order valence-corrected chi connectivity index (χ2v) is 7.75. The summed E-state index contributed by atoms with van der Waals surface area (Å²) in [5.41, 5.74) is 2.60. The molecule has 0 aliphatic carbocycles. The van der Waals surface area contributed by atoms with Gasteiger partial charge < -0.3 is 9.84 Å². The van der Waals surface area contributed by atoms with Crippen molar-refractivity contribution in [2.24, 2.45) is 0 Å². The third-order valence-corrected chi connectivity index (χ3v) is 5.40. The van der Waals surface area contributed by atoms with E-state index < -0.39 is 5.60 Å². The molecule has 0 radical (unpaired) electrons. The van der Waals surface area contributed by atoms with Gasteiger partial charge in [0.1, 0.15) is 12.4 Å². The zero-order valence-electron chi connectivity index (χ0n) is 15.5. The van der Waals surface area contributed by atoms with Crippen LogP contribution in [0.25, 0.3) is 0 Å². The fourth-order valence-corrected chi connectivity index (χ4v) is 3.54. The second-order valence-electron chi connectivity index (χ2n) is 7.34. The number of aromatic nitrogens is 1.